The molecule has 30 heavy (non-hydrogen) atoms. The average Bonchev–Trinajstić information content (AvgIpc) is 2.89. The van der Waals surface area contributed by atoms with E-state index in [1.807, 2.05) is 42.5 Å². The van der Waals surface area contributed by atoms with Crippen molar-refractivity contribution in [2.24, 2.45) is 5.92 Å². The molecule has 1 aromatic carbocycles. The molecule has 1 aromatic heterocycles. The molecule has 1 atom stereocenters. The predicted octanol–water partition coefficient (Wildman–Crippen LogP) is 2.60. The van der Waals surface area contributed by atoms with Crippen molar-refractivity contribution in [2.45, 2.75) is 12.8 Å². The summed E-state index contributed by atoms with van der Waals surface area (Å²) in [5.74, 6) is 2.59. The van der Waals surface area contributed by atoms with Gasteiger partial charge in [0.1, 0.15) is 0 Å². The highest BCUT2D eigenvalue weighted by Crippen LogP contribution is 2.32. The number of terminal acetylenes is 1. The molecule has 0 fully saturated rings. The van der Waals surface area contributed by atoms with E-state index in [1.54, 1.807) is 18.1 Å². The summed E-state index contributed by atoms with van der Waals surface area (Å²) in [4.78, 5) is 35.1. The lowest BCUT2D eigenvalue weighted by Gasteiger charge is -2.21. The number of para-hydroxylation sites is 1. The van der Waals surface area contributed by atoms with Crippen molar-refractivity contribution < 1.29 is 9.59 Å². The highest BCUT2D eigenvalue weighted by molar-refractivity contribution is 5.99. The lowest BCUT2D eigenvalue weighted by Crippen LogP contribution is -2.32. The Labute approximate surface area is 174 Å². The van der Waals surface area contributed by atoms with E-state index in [-0.39, 0.29) is 24.2 Å². The lowest BCUT2D eigenvalue weighted by molar-refractivity contribution is -0.132. The fourth-order valence-electron chi connectivity index (χ4n) is 3.52. The van der Waals surface area contributed by atoms with E-state index in [0.29, 0.717) is 18.9 Å². The second-order valence-corrected chi connectivity index (χ2v) is 7.22. The molecular weight excluding hydrogens is 378 g/mol. The maximum absolute atomic E-state index is 12.4. The largest absolute Gasteiger partial charge is 0.334 e. The molecule has 150 valence electrons. The number of rotatable bonds is 4. The Morgan fingerprint density at radius 1 is 1.40 bits per heavy atom. The quantitative estimate of drug-likeness (QED) is 0.772. The summed E-state index contributed by atoms with van der Waals surface area (Å²) in [6, 6.07) is 7.58. The van der Waals surface area contributed by atoms with Crippen LogP contribution in [0.2, 0.25) is 0 Å². The van der Waals surface area contributed by atoms with Crippen LogP contribution in [0.4, 0.5) is 11.6 Å². The third-order valence-electron chi connectivity index (χ3n) is 5.05. The second-order valence-electron chi connectivity index (χ2n) is 7.22. The van der Waals surface area contributed by atoms with Gasteiger partial charge in [-0.15, -0.1) is 6.42 Å². The summed E-state index contributed by atoms with van der Waals surface area (Å²) in [5, 5.41) is 6.10. The minimum Gasteiger partial charge on any atom is -0.334 e. The molecule has 7 nitrogen and oxygen atoms in total. The van der Waals surface area contributed by atoms with E-state index < -0.39 is 0 Å². The fraction of sp³-hybridized carbons (Fsp3) is 0.217. The molecule has 2 heterocycles. The van der Waals surface area contributed by atoms with E-state index in [4.69, 9.17) is 6.42 Å². The molecule has 0 spiro atoms. The molecule has 1 aliphatic heterocycles. The van der Waals surface area contributed by atoms with Crippen LogP contribution in [0, 0.1) is 18.3 Å². The fourth-order valence-corrected chi connectivity index (χ4v) is 3.52. The average molecular weight is 399 g/mol. The first-order chi connectivity index (χ1) is 14.5. The molecule has 0 saturated heterocycles. The molecule has 0 radical (unpaired) electrons. The third kappa shape index (κ3) is 3.94. The van der Waals surface area contributed by atoms with Crippen molar-refractivity contribution in [3.63, 3.8) is 0 Å². The molecule has 1 aliphatic carbocycles. The summed E-state index contributed by atoms with van der Waals surface area (Å²) < 4.78 is 0. The second kappa shape index (κ2) is 8.21. The Hall–Kier alpha value is -3.92. The first-order valence-corrected chi connectivity index (χ1v) is 9.64. The van der Waals surface area contributed by atoms with Crippen LogP contribution in [0.1, 0.15) is 12.0 Å². The lowest BCUT2D eigenvalue weighted by atomic mass is 9.98. The zero-order valence-electron chi connectivity index (χ0n) is 16.6. The van der Waals surface area contributed by atoms with Gasteiger partial charge in [-0.1, -0.05) is 36.3 Å². The number of amides is 2. The zero-order valence-corrected chi connectivity index (χ0v) is 16.6. The number of carbonyl (C=O) groups excluding carboxylic acids is 2. The van der Waals surface area contributed by atoms with Crippen molar-refractivity contribution in [3.05, 3.63) is 60.0 Å². The Morgan fingerprint density at radius 2 is 2.23 bits per heavy atom. The maximum atomic E-state index is 12.4. The third-order valence-corrected chi connectivity index (χ3v) is 5.05. The number of aromatic nitrogens is 2. The van der Waals surface area contributed by atoms with Gasteiger partial charge in [-0.2, -0.15) is 0 Å². The molecule has 7 heteroatoms. The number of fused-ring (bicyclic) bond motifs is 3. The van der Waals surface area contributed by atoms with Crippen molar-refractivity contribution in [1.82, 2.24) is 14.9 Å². The number of anilines is 2. The molecule has 0 saturated carbocycles. The van der Waals surface area contributed by atoms with Gasteiger partial charge in [0.2, 0.25) is 17.8 Å². The number of allylic oxidation sites excluding steroid dienone is 2. The van der Waals surface area contributed by atoms with Gasteiger partial charge in [-0.3, -0.25) is 9.59 Å². The SMILES string of the molecule is C#CCN(C)C(=O)C1C=CC(Nc2ncc3c(n2)-c2ccccc2NC(=O)C3)=CC1. The van der Waals surface area contributed by atoms with Crippen molar-refractivity contribution in [2.75, 3.05) is 24.2 Å². The van der Waals surface area contributed by atoms with Gasteiger partial charge in [0.05, 0.1) is 30.3 Å². The van der Waals surface area contributed by atoms with Crippen LogP contribution in [0.3, 0.4) is 0 Å². The first-order valence-electron chi connectivity index (χ1n) is 9.64. The standard InChI is InChI=1S/C23H21N5O2/c1-3-12-28(2)22(30)15-8-10-17(11-9-15)25-23-24-14-16-13-20(29)26-19-7-5-4-6-18(19)21(16)27-23/h1,4-8,10-11,14-15H,9,12-13H2,2H3,(H,26,29)(H,24,25,27). The van der Waals surface area contributed by atoms with Crippen molar-refractivity contribution >= 4 is 23.5 Å². The normalized spacial score (nSPS) is 16.9. The summed E-state index contributed by atoms with van der Waals surface area (Å²) in [5.41, 5.74) is 3.91. The molecule has 2 aromatic rings. The summed E-state index contributed by atoms with van der Waals surface area (Å²) in [6.07, 6.45) is 13.4. The van der Waals surface area contributed by atoms with Crippen LogP contribution in [0.25, 0.3) is 11.3 Å². The maximum Gasteiger partial charge on any atom is 0.230 e. The number of carbonyl (C=O) groups is 2. The van der Waals surface area contributed by atoms with Crippen LogP contribution in [-0.2, 0) is 16.0 Å². The van der Waals surface area contributed by atoms with Gasteiger partial charge in [0, 0.05) is 30.1 Å². The highest BCUT2D eigenvalue weighted by Gasteiger charge is 2.22. The number of hydrogen-bond donors (Lipinski definition) is 2. The number of nitrogens with one attached hydrogen (secondary N) is 2. The van der Waals surface area contributed by atoms with Crippen molar-refractivity contribution in [3.8, 4) is 23.6 Å². The van der Waals surface area contributed by atoms with Crippen molar-refractivity contribution in [1.29, 1.82) is 0 Å². The van der Waals surface area contributed by atoms with Gasteiger partial charge in [0.15, 0.2) is 0 Å². The number of hydrogen-bond acceptors (Lipinski definition) is 5. The molecule has 0 bridgehead atoms. The number of benzene rings is 1. The van der Waals surface area contributed by atoms with Gasteiger partial charge in [-0.25, -0.2) is 9.97 Å². The van der Waals surface area contributed by atoms with Crippen LogP contribution in [0.15, 0.2) is 54.4 Å². The van der Waals surface area contributed by atoms with Gasteiger partial charge in [-0.05, 0) is 18.6 Å². The van der Waals surface area contributed by atoms with E-state index in [0.717, 1.165) is 28.2 Å². The minimum absolute atomic E-state index is 0.00504. The molecule has 1 unspecified atom stereocenters. The smallest absolute Gasteiger partial charge is 0.230 e. The van der Waals surface area contributed by atoms with Gasteiger partial charge < -0.3 is 15.5 Å². The van der Waals surface area contributed by atoms with E-state index >= 15 is 0 Å². The van der Waals surface area contributed by atoms with E-state index in [2.05, 4.69) is 26.5 Å². The monoisotopic (exact) mass is 399 g/mol. The summed E-state index contributed by atoms with van der Waals surface area (Å²) in [7, 11) is 1.70. The predicted molar refractivity (Wildman–Crippen MR) is 115 cm³/mol. The molecular formula is C23H21N5O2. The summed E-state index contributed by atoms with van der Waals surface area (Å²) in [6.45, 7) is 0.291. The Morgan fingerprint density at radius 3 is 3.00 bits per heavy atom. The topological polar surface area (TPSA) is 87.2 Å². The van der Waals surface area contributed by atoms with Gasteiger partial charge >= 0.3 is 0 Å². The minimum atomic E-state index is -0.231. The molecule has 2 N–H and O–H groups in total. The van der Waals surface area contributed by atoms with Crippen LogP contribution >= 0.6 is 0 Å². The van der Waals surface area contributed by atoms with E-state index in [9.17, 15) is 9.59 Å². The van der Waals surface area contributed by atoms with E-state index in [1.165, 1.54) is 0 Å². The Kier molecular flexibility index (Phi) is 5.31. The van der Waals surface area contributed by atoms with Crippen LogP contribution < -0.4 is 10.6 Å². The zero-order chi connectivity index (χ0) is 21.1. The van der Waals surface area contributed by atoms with Crippen LogP contribution in [-0.4, -0.2) is 40.3 Å². The Balaban J connectivity index is 1.53. The molecule has 2 aliphatic rings. The Bertz CT molecular complexity index is 1110. The molecule has 4 rings (SSSR count). The highest BCUT2D eigenvalue weighted by atomic mass is 16.2. The first kappa shape index (κ1) is 19.4. The molecule has 2 amide bonds. The van der Waals surface area contributed by atoms with Gasteiger partial charge in [0.25, 0.3) is 0 Å². The number of nitrogens with zero attached hydrogens (tertiary/aromatic N) is 3. The van der Waals surface area contributed by atoms with Crippen LogP contribution in [0.5, 0.6) is 0 Å². The summed E-state index contributed by atoms with van der Waals surface area (Å²) >= 11 is 0.